The van der Waals surface area contributed by atoms with Gasteiger partial charge in [0.05, 0.1) is 12.0 Å². The van der Waals surface area contributed by atoms with Crippen LogP contribution < -0.4 is 16.4 Å². The molecule has 0 aliphatic heterocycles. The summed E-state index contributed by atoms with van der Waals surface area (Å²) in [5.74, 6) is 0.872. The Hall–Kier alpha value is -2.50. The van der Waals surface area contributed by atoms with Crippen LogP contribution in [0, 0.1) is 6.92 Å². The van der Waals surface area contributed by atoms with Crippen molar-refractivity contribution in [2.45, 2.75) is 19.8 Å². The number of aryl methyl sites for hydroxylation is 1. The van der Waals surface area contributed by atoms with Crippen LogP contribution in [0.15, 0.2) is 35.1 Å². The number of carbonyl (C=O) groups is 1. The molecule has 0 fully saturated rings. The number of nitrogens with two attached hydrogens (primary N) is 1. The Labute approximate surface area is 123 Å². The van der Waals surface area contributed by atoms with Crippen molar-refractivity contribution >= 4 is 17.4 Å². The fraction of sp³-hybridized carbons (Fsp3) is 0.333. The van der Waals surface area contributed by atoms with E-state index in [2.05, 4.69) is 15.6 Å². The lowest BCUT2D eigenvalue weighted by Gasteiger charge is -2.09. The molecular formula is C15H20N4O2. The summed E-state index contributed by atoms with van der Waals surface area (Å²) in [5.41, 5.74) is 7.62. The van der Waals surface area contributed by atoms with Crippen LogP contribution >= 0.6 is 0 Å². The standard InChI is InChI=1S/C15H20N4O2/c1-11-6-9-18-14(13(11)16)17-7-2-3-8-19-15(20)12-5-4-10-21-12/h4-6,9-10H,2-3,7-8,16H2,1H3,(H,17,18)(H,19,20). The van der Waals surface area contributed by atoms with Gasteiger partial charge in [0.2, 0.25) is 0 Å². The fourth-order valence-electron chi connectivity index (χ4n) is 1.86. The number of hydrogen-bond acceptors (Lipinski definition) is 5. The van der Waals surface area contributed by atoms with E-state index >= 15 is 0 Å². The van der Waals surface area contributed by atoms with Gasteiger partial charge in [0.1, 0.15) is 5.82 Å². The summed E-state index contributed by atoms with van der Waals surface area (Å²) in [4.78, 5) is 15.8. The zero-order valence-electron chi connectivity index (χ0n) is 12.1. The van der Waals surface area contributed by atoms with Gasteiger partial charge in [-0.25, -0.2) is 4.98 Å². The highest BCUT2D eigenvalue weighted by molar-refractivity contribution is 5.91. The second kappa shape index (κ2) is 7.33. The second-order valence-electron chi connectivity index (χ2n) is 4.76. The highest BCUT2D eigenvalue weighted by Crippen LogP contribution is 2.18. The first-order chi connectivity index (χ1) is 10.2. The van der Waals surface area contributed by atoms with Gasteiger partial charge < -0.3 is 20.8 Å². The Kier molecular flexibility index (Phi) is 5.20. The highest BCUT2D eigenvalue weighted by Gasteiger charge is 2.06. The number of carbonyl (C=O) groups excluding carboxylic acids is 1. The largest absolute Gasteiger partial charge is 0.459 e. The van der Waals surface area contributed by atoms with Crippen LogP contribution in [0.2, 0.25) is 0 Å². The van der Waals surface area contributed by atoms with Crippen molar-refractivity contribution in [3.8, 4) is 0 Å². The molecule has 6 heteroatoms. The number of nitrogens with zero attached hydrogens (tertiary/aromatic N) is 1. The molecule has 0 atom stereocenters. The van der Waals surface area contributed by atoms with Crippen molar-refractivity contribution in [1.29, 1.82) is 0 Å². The average Bonchev–Trinajstić information content (AvgIpc) is 3.01. The van der Waals surface area contributed by atoms with Gasteiger partial charge in [-0.3, -0.25) is 4.79 Å². The van der Waals surface area contributed by atoms with E-state index in [0.717, 1.165) is 30.8 Å². The second-order valence-corrected chi connectivity index (χ2v) is 4.76. The molecule has 1 amide bonds. The fourth-order valence-corrected chi connectivity index (χ4v) is 1.86. The van der Waals surface area contributed by atoms with Gasteiger partial charge in [-0.15, -0.1) is 0 Å². The van der Waals surface area contributed by atoms with Gasteiger partial charge in [-0.05, 0) is 43.5 Å². The molecule has 2 aromatic heterocycles. The van der Waals surface area contributed by atoms with Gasteiger partial charge in [0.25, 0.3) is 5.91 Å². The number of hydrogen-bond donors (Lipinski definition) is 3. The summed E-state index contributed by atoms with van der Waals surface area (Å²) in [6.07, 6.45) is 4.99. The summed E-state index contributed by atoms with van der Waals surface area (Å²) >= 11 is 0. The molecular weight excluding hydrogens is 268 g/mol. The minimum absolute atomic E-state index is 0.183. The van der Waals surface area contributed by atoms with Crippen molar-refractivity contribution in [2.75, 3.05) is 24.1 Å². The van der Waals surface area contributed by atoms with Crippen molar-refractivity contribution in [3.63, 3.8) is 0 Å². The van der Waals surface area contributed by atoms with Gasteiger partial charge in [-0.2, -0.15) is 0 Å². The first-order valence-corrected chi connectivity index (χ1v) is 6.95. The van der Waals surface area contributed by atoms with Gasteiger partial charge >= 0.3 is 0 Å². The first kappa shape index (κ1) is 14.9. The third-order valence-corrected chi connectivity index (χ3v) is 3.13. The SMILES string of the molecule is Cc1ccnc(NCCCCNC(=O)c2ccco2)c1N. The molecule has 6 nitrogen and oxygen atoms in total. The number of pyridine rings is 1. The van der Waals surface area contributed by atoms with E-state index in [-0.39, 0.29) is 5.91 Å². The van der Waals surface area contributed by atoms with E-state index in [4.69, 9.17) is 10.2 Å². The smallest absolute Gasteiger partial charge is 0.286 e. The molecule has 0 aromatic carbocycles. The monoisotopic (exact) mass is 288 g/mol. The highest BCUT2D eigenvalue weighted by atomic mass is 16.3. The maximum atomic E-state index is 11.6. The molecule has 4 N–H and O–H groups in total. The van der Waals surface area contributed by atoms with E-state index in [1.807, 2.05) is 13.0 Å². The van der Waals surface area contributed by atoms with Gasteiger partial charge in [0.15, 0.2) is 5.76 Å². The predicted molar refractivity (Wildman–Crippen MR) is 82.2 cm³/mol. The molecule has 2 heterocycles. The Morgan fingerprint density at radius 2 is 2.14 bits per heavy atom. The summed E-state index contributed by atoms with van der Waals surface area (Å²) in [6, 6.07) is 5.21. The van der Waals surface area contributed by atoms with Crippen molar-refractivity contribution in [1.82, 2.24) is 10.3 Å². The number of anilines is 2. The maximum absolute atomic E-state index is 11.6. The van der Waals surface area contributed by atoms with Gasteiger partial charge in [-0.1, -0.05) is 0 Å². The normalized spacial score (nSPS) is 10.3. The summed E-state index contributed by atoms with van der Waals surface area (Å²) in [7, 11) is 0. The van der Waals surface area contributed by atoms with Crippen molar-refractivity contribution in [3.05, 3.63) is 42.0 Å². The molecule has 0 saturated heterocycles. The van der Waals surface area contributed by atoms with Gasteiger partial charge in [0, 0.05) is 19.3 Å². The average molecular weight is 288 g/mol. The quantitative estimate of drug-likeness (QED) is 0.679. The first-order valence-electron chi connectivity index (χ1n) is 6.95. The molecule has 0 aliphatic rings. The lowest BCUT2D eigenvalue weighted by molar-refractivity contribution is 0.0925. The van der Waals surface area contributed by atoms with Crippen LogP contribution in [-0.4, -0.2) is 24.0 Å². The molecule has 0 radical (unpaired) electrons. The van der Waals surface area contributed by atoms with Crippen LogP contribution in [0.25, 0.3) is 0 Å². The molecule has 0 saturated carbocycles. The molecule has 0 aliphatic carbocycles. The molecule has 21 heavy (non-hydrogen) atoms. The summed E-state index contributed by atoms with van der Waals surface area (Å²) in [6.45, 7) is 3.32. The topological polar surface area (TPSA) is 93.2 Å². The number of furan rings is 1. The zero-order valence-corrected chi connectivity index (χ0v) is 12.1. The van der Waals surface area contributed by atoms with Crippen LogP contribution in [0.1, 0.15) is 29.0 Å². The van der Waals surface area contributed by atoms with Crippen LogP contribution in [0.4, 0.5) is 11.5 Å². The molecule has 0 spiro atoms. The Morgan fingerprint density at radius 3 is 2.90 bits per heavy atom. The Balaban J connectivity index is 1.62. The summed E-state index contributed by atoms with van der Waals surface area (Å²) < 4.78 is 5.01. The molecule has 112 valence electrons. The summed E-state index contributed by atoms with van der Waals surface area (Å²) in [5, 5.41) is 6.01. The van der Waals surface area contributed by atoms with E-state index in [1.54, 1.807) is 18.3 Å². The number of nitrogen functional groups attached to an aromatic ring is 1. The van der Waals surface area contributed by atoms with E-state index < -0.39 is 0 Å². The number of amides is 1. The lowest BCUT2D eigenvalue weighted by Crippen LogP contribution is -2.24. The number of nitrogens with one attached hydrogen (secondary N) is 2. The van der Waals surface area contributed by atoms with E-state index in [0.29, 0.717) is 18.0 Å². The van der Waals surface area contributed by atoms with E-state index in [9.17, 15) is 4.79 Å². The zero-order chi connectivity index (χ0) is 15.1. The third-order valence-electron chi connectivity index (χ3n) is 3.13. The van der Waals surface area contributed by atoms with Crippen molar-refractivity contribution in [2.24, 2.45) is 0 Å². The number of aromatic nitrogens is 1. The molecule has 0 unspecified atom stereocenters. The third kappa shape index (κ3) is 4.24. The molecule has 2 rings (SSSR count). The Morgan fingerprint density at radius 1 is 1.33 bits per heavy atom. The molecule has 0 bridgehead atoms. The number of unbranched alkanes of at least 4 members (excludes halogenated alkanes) is 1. The lowest BCUT2D eigenvalue weighted by atomic mass is 10.2. The minimum atomic E-state index is -0.183. The van der Waals surface area contributed by atoms with Crippen molar-refractivity contribution < 1.29 is 9.21 Å². The van der Waals surface area contributed by atoms with Crippen LogP contribution in [-0.2, 0) is 0 Å². The van der Waals surface area contributed by atoms with E-state index in [1.165, 1.54) is 6.26 Å². The maximum Gasteiger partial charge on any atom is 0.286 e. The van der Waals surface area contributed by atoms with Crippen LogP contribution in [0.5, 0.6) is 0 Å². The molecule has 2 aromatic rings. The Bertz CT molecular complexity index is 581. The predicted octanol–water partition coefficient (Wildman–Crippen LogP) is 2.19. The number of rotatable bonds is 7. The van der Waals surface area contributed by atoms with Crippen LogP contribution in [0.3, 0.4) is 0 Å². The minimum Gasteiger partial charge on any atom is -0.459 e.